The quantitative estimate of drug-likeness (QED) is 0.628. The number of hydrogen-bond donors (Lipinski definition) is 1. The van der Waals surface area contributed by atoms with Gasteiger partial charge in [0.1, 0.15) is 0 Å². The van der Waals surface area contributed by atoms with Gasteiger partial charge < -0.3 is 15.1 Å². The van der Waals surface area contributed by atoms with Crippen molar-refractivity contribution in [3.63, 3.8) is 0 Å². The van der Waals surface area contributed by atoms with Crippen LogP contribution in [0, 0.1) is 17.2 Å². The van der Waals surface area contributed by atoms with Crippen LogP contribution in [0.3, 0.4) is 0 Å². The molecule has 1 rings (SSSR count). The summed E-state index contributed by atoms with van der Waals surface area (Å²) in [6, 6.07) is 2.04. The summed E-state index contributed by atoms with van der Waals surface area (Å²) >= 11 is 0. The van der Waals surface area contributed by atoms with Gasteiger partial charge in [0, 0.05) is 39.8 Å². The molecule has 1 saturated heterocycles. The minimum atomic E-state index is -0.533. The lowest BCUT2D eigenvalue weighted by Gasteiger charge is -2.28. The number of nitrogens with zero attached hydrogens (tertiary/aromatic N) is 3. The molecule has 6 nitrogen and oxygen atoms in total. The summed E-state index contributed by atoms with van der Waals surface area (Å²) in [5.74, 6) is -1.27. The molecule has 1 aliphatic rings. The van der Waals surface area contributed by atoms with Crippen molar-refractivity contribution in [1.29, 1.82) is 5.26 Å². The molecule has 0 radical (unpaired) electrons. The normalized spacial score (nSPS) is 17.1. The molecule has 0 bridgehead atoms. The van der Waals surface area contributed by atoms with Crippen LogP contribution in [-0.4, -0.2) is 61.4 Å². The Morgan fingerprint density at radius 1 is 1.47 bits per heavy atom. The molecule has 0 spiro atoms. The summed E-state index contributed by atoms with van der Waals surface area (Å²) in [7, 11) is 1.55. The zero-order valence-corrected chi connectivity index (χ0v) is 10.3. The zero-order chi connectivity index (χ0) is 12.8. The predicted octanol–water partition coefficient (Wildman–Crippen LogP) is -0.964. The SMILES string of the molecule is CC(C#N)CN(C)C(=O)C(=O)N1CCNCC1. The van der Waals surface area contributed by atoms with Gasteiger partial charge >= 0.3 is 11.8 Å². The molecule has 2 amide bonds. The Morgan fingerprint density at radius 2 is 2.06 bits per heavy atom. The highest BCUT2D eigenvalue weighted by Gasteiger charge is 2.26. The predicted molar refractivity (Wildman–Crippen MR) is 61.9 cm³/mol. The van der Waals surface area contributed by atoms with Gasteiger partial charge in [-0.1, -0.05) is 0 Å². The number of rotatable bonds is 2. The topological polar surface area (TPSA) is 76.4 Å². The Bertz CT molecular complexity index is 331. The van der Waals surface area contributed by atoms with E-state index in [4.69, 9.17) is 5.26 Å². The van der Waals surface area contributed by atoms with Crippen molar-refractivity contribution in [2.45, 2.75) is 6.92 Å². The Kier molecular flexibility index (Phi) is 4.91. The number of carbonyl (C=O) groups is 2. The van der Waals surface area contributed by atoms with Crippen molar-refractivity contribution < 1.29 is 9.59 Å². The second kappa shape index (κ2) is 6.21. The van der Waals surface area contributed by atoms with Crippen LogP contribution >= 0.6 is 0 Å². The molecule has 94 valence electrons. The van der Waals surface area contributed by atoms with Crippen LogP contribution in [-0.2, 0) is 9.59 Å². The molecule has 1 unspecified atom stereocenters. The van der Waals surface area contributed by atoms with Gasteiger partial charge in [-0.3, -0.25) is 9.59 Å². The summed E-state index contributed by atoms with van der Waals surface area (Å²) in [4.78, 5) is 26.5. The highest BCUT2D eigenvalue weighted by Crippen LogP contribution is 2.00. The third-order valence-electron chi connectivity index (χ3n) is 2.70. The maximum absolute atomic E-state index is 11.8. The van der Waals surface area contributed by atoms with Gasteiger partial charge in [0.15, 0.2) is 0 Å². The fourth-order valence-electron chi connectivity index (χ4n) is 1.70. The molecule has 0 aromatic carbocycles. The van der Waals surface area contributed by atoms with Crippen LogP contribution in [0.15, 0.2) is 0 Å². The number of likely N-dealkylation sites (N-methyl/N-ethyl adjacent to an activating group) is 1. The second-order valence-electron chi connectivity index (χ2n) is 4.26. The number of hydrogen-bond acceptors (Lipinski definition) is 4. The van der Waals surface area contributed by atoms with Gasteiger partial charge in [-0.15, -0.1) is 0 Å². The molecule has 1 heterocycles. The third-order valence-corrected chi connectivity index (χ3v) is 2.70. The number of nitrogens with one attached hydrogen (secondary N) is 1. The van der Waals surface area contributed by atoms with E-state index < -0.39 is 11.8 Å². The van der Waals surface area contributed by atoms with Gasteiger partial charge in [0.25, 0.3) is 0 Å². The molecule has 1 N–H and O–H groups in total. The van der Waals surface area contributed by atoms with Crippen LogP contribution < -0.4 is 5.32 Å². The van der Waals surface area contributed by atoms with Crippen LogP contribution in [0.1, 0.15) is 6.92 Å². The molecule has 1 aliphatic heterocycles. The number of carbonyl (C=O) groups excluding carboxylic acids is 2. The van der Waals surface area contributed by atoms with Crippen LogP contribution in [0.4, 0.5) is 0 Å². The highest BCUT2D eigenvalue weighted by atomic mass is 16.2. The van der Waals surface area contributed by atoms with Gasteiger partial charge in [-0.2, -0.15) is 5.26 Å². The minimum absolute atomic E-state index is 0.264. The van der Waals surface area contributed by atoms with E-state index in [1.165, 1.54) is 4.90 Å². The lowest BCUT2D eigenvalue weighted by molar-refractivity contribution is -0.151. The molecule has 1 atom stereocenters. The van der Waals surface area contributed by atoms with Gasteiger partial charge in [0.05, 0.1) is 12.0 Å². The Balaban J connectivity index is 2.50. The van der Waals surface area contributed by atoms with E-state index >= 15 is 0 Å². The van der Waals surface area contributed by atoms with Crippen molar-refractivity contribution in [3.8, 4) is 6.07 Å². The van der Waals surface area contributed by atoms with E-state index in [2.05, 4.69) is 5.32 Å². The minimum Gasteiger partial charge on any atom is -0.336 e. The first kappa shape index (κ1) is 13.5. The van der Waals surface area contributed by atoms with Crippen molar-refractivity contribution in [3.05, 3.63) is 0 Å². The van der Waals surface area contributed by atoms with Gasteiger partial charge in [0.2, 0.25) is 0 Å². The Labute approximate surface area is 101 Å². The van der Waals surface area contributed by atoms with Crippen LogP contribution in [0.25, 0.3) is 0 Å². The molecule has 0 aromatic rings. The first-order valence-electron chi connectivity index (χ1n) is 5.71. The average molecular weight is 238 g/mol. The van der Waals surface area contributed by atoms with Crippen molar-refractivity contribution >= 4 is 11.8 Å². The smallest absolute Gasteiger partial charge is 0.312 e. The summed E-state index contributed by atoms with van der Waals surface area (Å²) in [6.45, 7) is 4.57. The van der Waals surface area contributed by atoms with Crippen molar-refractivity contribution in [2.75, 3.05) is 39.8 Å². The van der Waals surface area contributed by atoms with E-state index in [0.29, 0.717) is 13.1 Å². The first-order chi connectivity index (χ1) is 8.06. The van der Waals surface area contributed by atoms with E-state index in [-0.39, 0.29) is 12.5 Å². The number of piperazine rings is 1. The van der Waals surface area contributed by atoms with Crippen molar-refractivity contribution in [2.24, 2.45) is 5.92 Å². The van der Waals surface area contributed by atoms with Crippen molar-refractivity contribution in [1.82, 2.24) is 15.1 Å². The molecule has 17 heavy (non-hydrogen) atoms. The van der Waals surface area contributed by atoms with E-state index in [1.807, 2.05) is 6.07 Å². The fraction of sp³-hybridized carbons (Fsp3) is 0.727. The van der Waals surface area contributed by atoms with Gasteiger partial charge in [-0.25, -0.2) is 0 Å². The summed E-state index contributed by atoms with van der Waals surface area (Å²) < 4.78 is 0. The van der Waals surface area contributed by atoms with Crippen LogP contribution in [0.2, 0.25) is 0 Å². The van der Waals surface area contributed by atoms with Gasteiger partial charge in [-0.05, 0) is 6.92 Å². The number of nitriles is 1. The molecule has 1 fully saturated rings. The molecular formula is C11H18N4O2. The fourth-order valence-corrected chi connectivity index (χ4v) is 1.70. The molecule has 0 aliphatic carbocycles. The van der Waals surface area contributed by atoms with E-state index in [9.17, 15) is 9.59 Å². The maximum atomic E-state index is 11.8. The summed E-state index contributed by atoms with van der Waals surface area (Å²) in [5.41, 5.74) is 0. The lowest BCUT2D eigenvalue weighted by atomic mass is 10.2. The first-order valence-corrected chi connectivity index (χ1v) is 5.71. The zero-order valence-electron chi connectivity index (χ0n) is 10.3. The van der Waals surface area contributed by atoms with Crippen LogP contribution in [0.5, 0.6) is 0 Å². The monoisotopic (exact) mass is 238 g/mol. The Hall–Kier alpha value is -1.61. The lowest BCUT2D eigenvalue weighted by Crippen LogP contribution is -2.51. The Morgan fingerprint density at radius 3 is 2.59 bits per heavy atom. The highest BCUT2D eigenvalue weighted by molar-refractivity contribution is 6.34. The molecule has 6 heteroatoms. The second-order valence-corrected chi connectivity index (χ2v) is 4.26. The molecular weight excluding hydrogens is 220 g/mol. The summed E-state index contributed by atoms with van der Waals surface area (Å²) in [6.07, 6.45) is 0. The molecule has 0 saturated carbocycles. The van der Waals surface area contributed by atoms with E-state index in [1.54, 1.807) is 18.9 Å². The molecule has 0 aromatic heterocycles. The third kappa shape index (κ3) is 3.71. The maximum Gasteiger partial charge on any atom is 0.312 e. The standard InChI is InChI=1S/C11H18N4O2/c1-9(7-12)8-14(2)10(16)11(17)15-5-3-13-4-6-15/h9,13H,3-6,8H2,1-2H3. The van der Waals surface area contributed by atoms with E-state index in [0.717, 1.165) is 13.1 Å². The average Bonchev–Trinajstić information content (AvgIpc) is 2.37. The largest absolute Gasteiger partial charge is 0.336 e. The number of amides is 2. The summed E-state index contributed by atoms with van der Waals surface area (Å²) in [5, 5.41) is 11.8.